The van der Waals surface area contributed by atoms with Crippen molar-refractivity contribution < 1.29 is 4.74 Å². The normalized spacial score (nSPS) is 24.9. The van der Waals surface area contributed by atoms with Gasteiger partial charge >= 0.3 is 0 Å². The lowest BCUT2D eigenvalue weighted by molar-refractivity contribution is 0.117. The fraction of sp³-hybridized carbons (Fsp3) is 0.786. The Kier molecular flexibility index (Phi) is 4.87. The molecule has 108 valence electrons. The van der Waals surface area contributed by atoms with E-state index >= 15 is 0 Å². The molecule has 1 aliphatic rings. The first-order valence-corrected chi connectivity index (χ1v) is 7.43. The molecule has 0 bridgehead atoms. The number of hydrogen-bond acceptors (Lipinski definition) is 3. The summed E-state index contributed by atoms with van der Waals surface area (Å²) < 4.78 is 7.46. The van der Waals surface area contributed by atoms with E-state index in [-0.39, 0.29) is 0 Å². The number of ether oxygens (including phenoxy) is 1. The van der Waals surface area contributed by atoms with Crippen molar-refractivity contribution in [3.05, 3.63) is 16.4 Å². The lowest BCUT2D eigenvalue weighted by atomic mass is 9.91. The zero-order valence-electron chi connectivity index (χ0n) is 12.2. The zero-order chi connectivity index (χ0) is 14.0. The Balaban J connectivity index is 2.12. The monoisotopic (exact) mass is 285 g/mol. The van der Waals surface area contributed by atoms with Gasteiger partial charge in [-0.3, -0.25) is 4.68 Å². The fourth-order valence-corrected chi connectivity index (χ4v) is 3.18. The molecule has 1 aliphatic heterocycles. The van der Waals surface area contributed by atoms with Crippen LogP contribution in [-0.2, 0) is 18.2 Å². The van der Waals surface area contributed by atoms with Crippen LogP contribution in [0.4, 0.5) is 0 Å². The summed E-state index contributed by atoms with van der Waals surface area (Å²) in [6.45, 7) is 8.12. The molecule has 2 rings (SSSR count). The molecule has 0 aliphatic carbocycles. The quantitative estimate of drug-likeness (QED) is 0.902. The van der Waals surface area contributed by atoms with Gasteiger partial charge < -0.3 is 10.1 Å². The third-order valence-electron chi connectivity index (χ3n) is 3.96. The molecule has 4 nitrogen and oxygen atoms in total. The largest absolute Gasteiger partial charge is 0.378 e. The van der Waals surface area contributed by atoms with Crippen molar-refractivity contribution in [3.63, 3.8) is 0 Å². The number of hydrogen-bond donors (Lipinski definition) is 1. The second kappa shape index (κ2) is 6.25. The highest BCUT2D eigenvalue weighted by Gasteiger charge is 2.30. The molecule has 0 saturated carbocycles. The fourth-order valence-electron chi connectivity index (χ4n) is 2.92. The Morgan fingerprint density at radius 3 is 2.79 bits per heavy atom. The Morgan fingerprint density at radius 2 is 2.32 bits per heavy atom. The molecule has 5 heteroatoms. The Bertz CT molecular complexity index is 433. The maximum Gasteiger partial charge on any atom is 0.130 e. The van der Waals surface area contributed by atoms with Crippen LogP contribution in [0.15, 0.2) is 0 Å². The van der Waals surface area contributed by atoms with E-state index in [0.29, 0.717) is 18.1 Å². The van der Waals surface area contributed by atoms with E-state index in [2.05, 4.69) is 24.3 Å². The predicted octanol–water partition coefficient (Wildman–Crippen LogP) is 2.33. The van der Waals surface area contributed by atoms with Crippen LogP contribution < -0.4 is 5.32 Å². The van der Waals surface area contributed by atoms with Crippen molar-refractivity contribution in [2.24, 2.45) is 13.0 Å². The summed E-state index contributed by atoms with van der Waals surface area (Å²) in [6, 6.07) is 0.412. The number of aromatic nitrogens is 2. The van der Waals surface area contributed by atoms with E-state index < -0.39 is 0 Å². The van der Waals surface area contributed by atoms with Crippen molar-refractivity contribution >= 4 is 11.6 Å². The lowest BCUT2D eigenvalue weighted by Gasteiger charge is -2.23. The average Bonchev–Trinajstić information content (AvgIpc) is 2.88. The third kappa shape index (κ3) is 3.30. The molecule has 3 unspecified atom stereocenters. The number of nitrogens with one attached hydrogen (secondary N) is 1. The minimum Gasteiger partial charge on any atom is -0.378 e. The van der Waals surface area contributed by atoms with Gasteiger partial charge in [0, 0.05) is 24.6 Å². The van der Waals surface area contributed by atoms with E-state index in [1.54, 1.807) is 4.68 Å². The van der Waals surface area contributed by atoms with E-state index in [4.69, 9.17) is 16.3 Å². The van der Waals surface area contributed by atoms with E-state index in [1.807, 2.05) is 14.0 Å². The van der Waals surface area contributed by atoms with Crippen LogP contribution in [0.2, 0.25) is 5.15 Å². The van der Waals surface area contributed by atoms with Gasteiger partial charge in [0.05, 0.1) is 18.4 Å². The molecule has 1 aromatic rings. The van der Waals surface area contributed by atoms with Crippen LogP contribution in [0.3, 0.4) is 0 Å². The summed E-state index contributed by atoms with van der Waals surface area (Å²) in [4.78, 5) is 0. The zero-order valence-corrected chi connectivity index (χ0v) is 13.0. The molecule has 0 radical (unpaired) electrons. The first-order valence-electron chi connectivity index (χ1n) is 7.05. The van der Waals surface area contributed by atoms with Crippen molar-refractivity contribution in [3.8, 4) is 0 Å². The molecule has 0 spiro atoms. The topological polar surface area (TPSA) is 39.1 Å². The first-order chi connectivity index (χ1) is 9.02. The summed E-state index contributed by atoms with van der Waals surface area (Å²) in [6.07, 6.45) is 2.42. The van der Waals surface area contributed by atoms with Gasteiger partial charge in [-0.25, -0.2) is 0 Å². The van der Waals surface area contributed by atoms with Gasteiger partial charge in [0.1, 0.15) is 5.15 Å². The number of nitrogens with zero attached hydrogens (tertiary/aromatic N) is 2. The second-order valence-electron chi connectivity index (χ2n) is 5.49. The molecule has 1 saturated heterocycles. The Labute approximate surface area is 120 Å². The van der Waals surface area contributed by atoms with Gasteiger partial charge in [-0.2, -0.15) is 5.10 Å². The van der Waals surface area contributed by atoms with E-state index in [1.165, 1.54) is 0 Å². The first kappa shape index (κ1) is 14.8. The van der Waals surface area contributed by atoms with Crippen LogP contribution in [0.1, 0.15) is 31.5 Å². The van der Waals surface area contributed by atoms with Crippen LogP contribution in [-0.4, -0.2) is 35.1 Å². The molecule has 1 fully saturated rings. The maximum atomic E-state index is 6.34. The van der Waals surface area contributed by atoms with Gasteiger partial charge in [-0.15, -0.1) is 0 Å². The summed E-state index contributed by atoms with van der Waals surface area (Å²) in [5, 5.41) is 8.73. The average molecular weight is 286 g/mol. The molecule has 2 heterocycles. The van der Waals surface area contributed by atoms with Crippen LogP contribution >= 0.6 is 11.6 Å². The molecule has 1 aromatic heterocycles. The van der Waals surface area contributed by atoms with Crippen molar-refractivity contribution in [1.29, 1.82) is 0 Å². The molecule has 0 amide bonds. The minimum atomic E-state index is 0.372. The van der Waals surface area contributed by atoms with Gasteiger partial charge in [0.2, 0.25) is 0 Å². The van der Waals surface area contributed by atoms with Crippen molar-refractivity contribution in [2.75, 3.05) is 13.2 Å². The lowest BCUT2D eigenvalue weighted by Crippen LogP contribution is -2.38. The number of likely N-dealkylation sites (N-methyl/N-ethyl adjacent to an activating group) is 1. The highest BCUT2D eigenvalue weighted by molar-refractivity contribution is 6.30. The Hall–Kier alpha value is -0.580. The highest BCUT2D eigenvalue weighted by atomic mass is 35.5. The number of halogens is 1. The number of rotatable bonds is 5. The maximum absolute atomic E-state index is 6.34. The van der Waals surface area contributed by atoms with Crippen molar-refractivity contribution in [1.82, 2.24) is 15.1 Å². The minimum absolute atomic E-state index is 0.372. The molecule has 19 heavy (non-hydrogen) atoms. The van der Waals surface area contributed by atoms with Gasteiger partial charge in [0.15, 0.2) is 0 Å². The second-order valence-corrected chi connectivity index (χ2v) is 5.84. The summed E-state index contributed by atoms with van der Waals surface area (Å²) >= 11 is 6.34. The van der Waals surface area contributed by atoms with E-state index in [0.717, 1.165) is 42.4 Å². The van der Waals surface area contributed by atoms with E-state index in [9.17, 15) is 0 Å². The summed E-state index contributed by atoms with van der Waals surface area (Å²) in [7, 11) is 1.89. The van der Waals surface area contributed by atoms with Crippen LogP contribution in [0, 0.1) is 12.8 Å². The Morgan fingerprint density at radius 1 is 1.58 bits per heavy atom. The third-order valence-corrected chi connectivity index (χ3v) is 4.43. The number of aryl methyl sites for hydroxylation is 2. The molecular weight excluding hydrogens is 262 g/mol. The van der Waals surface area contributed by atoms with Gasteiger partial charge in [-0.05, 0) is 33.2 Å². The molecule has 0 aromatic carbocycles. The van der Waals surface area contributed by atoms with Crippen LogP contribution in [0.5, 0.6) is 0 Å². The van der Waals surface area contributed by atoms with Crippen molar-refractivity contribution in [2.45, 2.75) is 45.8 Å². The molecule has 3 atom stereocenters. The van der Waals surface area contributed by atoms with Gasteiger partial charge in [-0.1, -0.05) is 18.5 Å². The molecule has 1 N–H and O–H groups in total. The molecular formula is C14H24ClN3O. The van der Waals surface area contributed by atoms with Crippen LogP contribution in [0.25, 0.3) is 0 Å². The summed E-state index contributed by atoms with van der Waals surface area (Å²) in [5.74, 6) is 0.561. The SMILES string of the molecule is CCNC(Cc1c(C)nn(C)c1Cl)C1COC(C)C1. The van der Waals surface area contributed by atoms with Gasteiger partial charge in [0.25, 0.3) is 0 Å². The standard InChI is InChI=1S/C14H24ClN3O/c1-5-16-13(11-6-9(2)19-8-11)7-12-10(3)17-18(4)14(12)15/h9,11,13,16H,5-8H2,1-4H3. The highest BCUT2D eigenvalue weighted by Crippen LogP contribution is 2.27. The smallest absolute Gasteiger partial charge is 0.130 e. The predicted molar refractivity (Wildman–Crippen MR) is 77.6 cm³/mol. The summed E-state index contributed by atoms with van der Waals surface area (Å²) in [5.41, 5.74) is 2.19.